The molecule has 7 heteroatoms. The number of benzene rings is 2. The Morgan fingerprint density at radius 2 is 1.67 bits per heavy atom. The number of carbonyl (C=O) groups is 1. The fraction of sp³-hybridized carbons (Fsp3) is 0.435. The van der Waals surface area contributed by atoms with Crippen LogP contribution in [-0.4, -0.2) is 33.7 Å². The van der Waals surface area contributed by atoms with Crippen LogP contribution in [0.15, 0.2) is 54.6 Å². The van der Waals surface area contributed by atoms with Gasteiger partial charge in [-0.15, -0.1) is 0 Å². The van der Waals surface area contributed by atoms with Crippen molar-refractivity contribution >= 4 is 21.6 Å². The third kappa shape index (κ3) is 6.76. The molecule has 30 heavy (non-hydrogen) atoms. The van der Waals surface area contributed by atoms with Gasteiger partial charge in [-0.2, -0.15) is 0 Å². The van der Waals surface area contributed by atoms with Gasteiger partial charge in [-0.05, 0) is 48.6 Å². The van der Waals surface area contributed by atoms with Crippen LogP contribution in [0.25, 0.3) is 0 Å². The second kappa shape index (κ2) is 10.5. The van der Waals surface area contributed by atoms with Crippen molar-refractivity contribution in [3.63, 3.8) is 0 Å². The molecule has 0 radical (unpaired) electrons. The third-order valence-electron chi connectivity index (χ3n) is 4.86. The van der Waals surface area contributed by atoms with Gasteiger partial charge < -0.3 is 10.1 Å². The predicted molar refractivity (Wildman–Crippen MR) is 121 cm³/mol. The molecule has 0 aliphatic rings. The molecule has 164 valence electrons. The summed E-state index contributed by atoms with van der Waals surface area (Å²) < 4.78 is 30.4. The third-order valence-corrected chi connectivity index (χ3v) is 6.07. The lowest BCUT2D eigenvalue weighted by molar-refractivity contribution is -0.129. The SMILES string of the molecule is CC[C@@H](Oc1ccc(N(C)S(C)(=O)=O)cc1)C(=O)N[C@H](CC(C)C)c1ccccc1. The molecule has 0 saturated heterocycles. The van der Waals surface area contributed by atoms with E-state index in [0.29, 0.717) is 23.8 Å². The largest absolute Gasteiger partial charge is 0.481 e. The van der Waals surface area contributed by atoms with Crippen LogP contribution < -0.4 is 14.4 Å². The first-order valence-corrected chi connectivity index (χ1v) is 12.0. The highest BCUT2D eigenvalue weighted by atomic mass is 32.2. The normalized spacial score (nSPS) is 13.5. The predicted octanol–water partition coefficient (Wildman–Crippen LogP) is 4.14. The van der Waals surface area contributed by atoms with Gasteiger partial charge in [0.15, 0.2) is 6.10 Å². The molecule has 0 unspecified atom stereocenters. The summed E-state index contributed by atoms with van der Waals surface area (Å²) in [6.45, 7) is 6.16. The van der Waals surface area contributed by atoms with Crippen molar-refractivity contribution in [2.45, 2.75) is 45.8 Å². The summed E-state index contributed by atoms with van der Waals surface area (Å²) in [6.07, 6.45) is 1.86. The van der Waals surface area contributed by atoms with Gasteiger partial charge in [0.2, 0.25) is 10.0 Å². The number of hydrogen-bond donors (Lipinski definition) is 1. The molecule has 2 aromatic rings. The summed E-state index contributed by atoms with van der Waals surface area (Å²) in [5.74, 6) is 0.781. The average molecular weight is 433 g/mol. The van der Waals surface area contributed by atoms with Gasteiger partial charge in [0.1, 0.15) is 5.75 Å². The molecule has 1 N–H and O–H groups in total. The van der Waals surface area contributed by atoms with E-state index in [1.165, 1.54) is 11.4 Å². The van der Waals surface area contributed by atoms with Crippen LogP contribution >= 0.6 is 0 Å². The molecule has 0 fully saturated rings. The van der Waals surface area contributed by atoms with Crippen LogP contribution in [0.3, 0.4) is 0 Å². The monoisotopic (exact) mass is 432 g/mol. The highest BCUT2D eigenvalue weighted by Gasteiger charge is 2.23. The number of hydrogen-bond acceptors (Lipinski definition) is 4. The number of ether oxygens (including phenoxy) is 1. The number of nitrogens with one attached hydrogen (secondary N) is 1. The summed E-state index contributed by atoms with van der Waals surface area (Å²) in [4.78, 5) is 12.9. The molecule has 0 heterocycles. The first-order chi connectivity index (χ1) is 14.1. The Labute approximate surface area is 180 Å². The number of carbonyl (C=O) groups excluding carboxylic acids is 1. The number of rotatable bonds is 10. The van der Waals surface area contributed by atoms with Crippen LogP contribution in [0.4, 0.5) is 5.69 Å². The Morgan fingerprint density at radius 1 is 1.07 bits per heavy atom. The Hall–Kier alpha value is -2.54. The Kier molecular flexibility index (Phi) is 8.29. The molecular weight excluding hydrogens is 400 g/mol. The highest BCUT2D eigenvalue weighted by molar-refractivity contribution is 7.92. The van der Waals surface area contributed by atoms with Crippen LogP contribution in [0.1, 0.15) is 45.2 Å². The number of anilines is 1. The average Bonchev–Trinajstić information content (AvgIpc) is 2.71. The standard InChI is InChI=1S/C23H32N2O4S/c1-6-22(29-20-14-12-19(13-15-20)25(4)30(5,27)28)23(26)24-21(16-17(2)3)18-10-8-7-9-11-18/h7-15,17,21-22H,6,16H2,1-5H3,(H,24,26)/t21-,22-/m1/s1. The minimum Gasteiger partial charge on any atom is -0.481 e. The maximum absolute atomic E-state index is 12.9. The molecule has 0 aliphatic heterocycles. The summed E-state index contributed by atoms with van der Waals surface area (Å²) in [5.41, 5.74) is 1.60. The van der Waals surface area contributed by atoms with E-state index in [1.54, 1.807) is 24.3 Å². The first-order valence-electron chi connectivity index (χ1n) is 10.2. The van der Waals surface area contributed by atoms with E-state index in [0.717, 1.165) is 18.2 Å². The fourth-order valence-corrected chi connectivity index (χ4v) is 3.62. The van der Waals surface area contributed by atoms with Gasteiger partial charge in [0.25, 0.3) is 5.91 Å². The molecule has 6 nitrogen and oxygen atoms in total. The molecule has 2 aromatic carbocycles. The van der Waals surface area contributed by atoms with E-state index in [9.17, 15) is 13.2 Å². The van der Waals surface area contributed by atoms with Gasteiger partial charge in [0, 0.05) is 7.05 Å². The zero-order valence-corrected chi connectivity index (χ0v) is 19.1. The van der Waals surface area contributed by atoms with E-state index in [4.69, 9.17) is 4.74 Å². The van der Waals surface area contributed by atoms with Gasteiger partial charge in [0.05, 0.1) is 18.0 Å². The van der Waals surface area contributed by atoms with Gasteiger partial charge >= 0.3 is 0 Å². The van der Waals surface area contributed by atoms with Crippen molar-refractivity contribution in [1.82, 2.24) is 5.32 Å². The van der Waals surface area contributed by atoms with E-state index in [-0.39, 0.29) is 11.9 Å². The summed E-state index contributed by atoms with van der Waals surface area (Å²) >= 11 is 0. The summed E-state index contributed by atoms with van der Waals surface area (Å²) in [5, 5.41) is 3.13. The molecule has 0 aromatic heterocycles. The van der Waals surface area contributed by atoms with Crippen molar-refractivity contribution in [2.75, 3.05) is 17.6 Å². The Morgan fingerprint density at radius 3 is 2.17 bits per heavy atom. The maximum Gasteiger partial charge on any atom is 0.261 e. The molecule has 0 saturated carbocycles. The molecule has 0 bridgehead atoms. The molecule has 0 spiro atoms. The zero-order chi connectivity index (χ0) is 22.3. The second-order valence-electron chi connectivity index (χ2n) is 7.84. The van der Waals surface area contributed by atoms with Crippen LogP contribution in [0, 0.1) is 5.92 Å². The maximum atomic E-state index is 12.9. The van der Waals surface area contributed by atoms with E-state index < -0.39 is 16.1 Å². The minimum absolute atomic E-state index is 0.0814. The summed E-state index contributed by atoms with van der Waals surface area (Å²) in [6, 6.07) is 16.5. The second-order valence-corrected chi connectivity index (χ2v) is 9.85. The van der Waals surface area contributed by atoms with Crippen LogP contribution in [0.5, 0.6) is 5.75 Å². The van der Waals surface area contributed by atoms with Crippen molar-refractivity contribution in [2.24, 2.45) is 5.92 Å². The highest BCUT2D eigenvalue weighted by Crippen LogP contribution is 2.24. The minimum atomic E-state index is -3.33. The molecular formula is C23H32N2O4S. The lowest BCUT2D eigenvalue weighted by Crippen LogP contribution is -2.40. The molecule has 2 rings (SSSR count). The lowest BCUT2D eigenvalue weighted by Gasteiger charge is -2.25. The molecule has 0 aliphatic carbocycles. The summed E-state index contributed by atoms with van der Waals surface area (Å²) in [7, 11) is -1.84. The van der Waals surface area contributed by atoms with Crippen LogP contribution in [0.2, 0.25) is 0 Å². The van der Waals surface area contributed by atoms with Crippen molar-refractivity contribution < 1.29 is 17.9 Å². The van der Waals surface area contributed by atoms with Crippen LogP contribution in [-0.2, 0) is 14.8 Å². The fourth-order valence-electron chi connectivity index (χ4n) is 3.11. The van der Waals surface area contributed by atoms with Crippen molar-refractivity contribution in [3.05, 3.63) is 60.2 Å². The topological polar surface area (TPSA) is 75.7 Å². The lowest BCUT2D eigenvalue weighted by atomic mass is 9.96. The number of sulfonamides is 1. The smallest absolute Gasteiger partial charge is 0.261 e. The number of amides is 1. The van der Waals surface area contributed by atoms with Crippen molar-refractivity contribution in [3.8, 4) is 5.75 Å². The van der Waals surface area contributed by atoms with E-state index >= 15 is 0 Å². The molecule has 2 atom stereocenters. The Balaban J connectivity index is 2.10. The van der Waals surface area contributed by atoms with E-state index in [1.807, 2.05) is 37.3 Å². The van der Waals surface area contributed by atoms with Gasteiger partial charge in [-0.25, -0.2) is 8.42 Å². The van der Waals surface area contributed by atoms with Crippen molar-refractivity contribution in [1.29, 1.82) is 0 Å². The Bertz CT molecular complexity index is 912. The van der Waals surface area contributed by atoms with Gasteiger partial charge in [-0.1, -0.05) is 51.1 Å². The zero-order valence-electron chi connectivity index (χ0n) is 18.3. The first kappa shape index (κ1) is 23.7. The quantitative estimate of drug-likeness (QED) is 0.612. The van der Waals surface area contributed by atoms with Gasteiger partial charge in [-0.3, -0.25) is 9.10 Å². The van der Waals surface area contributed by atoms with E-state index in [2.05, 4.69) is 19.2 Å². The number of nitrogens with zero attached hydrogens (tertiary/aromatic N) is 1. The molecule has 1 amide bonds.